The first-order valence-corrected chi connectivity index (χ1v) is 4.76. The van der Waals surface area contributed by atoms with Gasteiger partial charge in [0.05, 0.1) is 0 Å². The fourth-order valence-electron chi connectivity index (χ4n) is 1.58. The maximum Gasteiger partial charge on any atom is 0.323 e. The molecule has 0 bridgehead atoms. The molecule has 0 radical (unpaired) electrons. The van der Waals surface area contributed by atoms with Crippen molar-refractivity contribution in [2.24, 2.45) is 5.92 Å². The molecule has 0 aromatic carbocycles. The van der Waals surface area contributed by atoms with Crippen LogP contribution in [0, 0.1) is 5.92 Å². The van der Waals surface area contributed by atoms with E-state index < -0.39 is 5.97 Å². The fraction of sp³-hybridized carbons (Fsp3) is 0.778. The Morgan fingerprint density at radius 3 is 2.79 bits per heavy atom. The Morgan fingerprint density at radius 2 is 2.29 bits per heavy atom. The molecule has 2 N–H and O–H groups in total. The van der Waals surface area contributed by atoms with Crippen LogP contribution in [0.2, 0.25) is 0 Å². The van der Waals surface area contributed by atoms with E-state index in [2.05, 4.69) is 5.32 Å². The Labute approximate surface area is 83.1 Å². The number of carbonyl (C=O) groups is 2. The molecular formula is C9H16N2O3. The molecule has 5 heteroatoms. The number of aliphatic carboxylic acids is 1. The number of hydrogen-bond donors (Lipinski definition) is 2. The summed E-state index contributed by atoms with van der Waals surface area (Å²) < 4.78 is 0. The van der Waals surface area contributed by atoms with Crippen LogP contribution in [0.4, 0.5) is 0 Å². The molecule has 1 aliphatic heterocycles. The first-order valence-electron chi connectivity index (χ1n) is 4.76. The van der Waals surface area contributed by atoms with Gasteiger partial charge in [-0.25, -0.2) is 0 Å². The summed E-state index contributed by atoms with van der Waals surface area (Å²) in [5.41, 5.74) is 0. The Hall–Kier alpha value is -1.10. The standard InChI is InChI=1S/C9H16N2O3/c1-11(6-9(13)14)8(12)4-7-2-3-10-5-7/h7,10H,2-6H2,1H3,(H,13,14). The van der Waals surface area contributed by atoms with Gasteiger partial charge in [0.25, 0.3) is 0 Å². The van der Waals surface area contributed by atoms with Gasteiger partial charge in [-0.1, -0.05) is 0 Å². The molecule has 0 aliphatic carbocycles. The lowest BCUT2D eigenvalue weighted by Gasteiger charge is -2.16. The summed E-state index contributed by atoms with van der Waals surface area (Å²) in [6.45, 7) is 1.62. The number of hydrogen-bond acceptors (Lipinski definition) is 3. The molecule has 1 amide bonds. The number of carboxylic acid groups (broad SMARTS) is 1. The molecule has 0 aromatic rings. The van der Waals surface area contributed by atoms with Gasteiger partial charge in [0, 0.05) is 13.5 Å². The van der Waals surface area contributed by atoms with E-state index >= 15 is 0 Å². The first-order chi connectivity index (χ1) is 6.59. The van der Waals surface area contributed by atoms with Crippen LogP contribution in [-0.4, -0.2) is 48.6 Å². The lowest BCUT2D eigenvalue weighted by molar-refractivity contribution is -0.143. The summed E-state index contributed by atoms with van der Waals surface area (Å²) in [7, 11) is 1.53. The third kappa shape index (κ3) is 3.33. The molecule has 1 atom stereocenters. The predicted molar refractivity (Wildman–Crippen MR) is 50.9 cm³/mol. The average Bonchev–Trinajstić information content (AvgIpc) is 2.55. The van der Waals surface area contributed by atoms with Crippen molar-refractivity contribution in [2.75, 3.05) is 26.7 Å². The van der Waals surface area contributed by atoms with Gasteiger partial charge in [-0.2, -0.15) is 0 Å². The van der Waals surface area contributed by atoms with E-state index in [0.29, 0.717) is 12.3 Å². The van der Waals surface area contributed by atoms with Crippen LogP contribution >= 0.6 is 0 Å². The van der Waals surface area contributed by atoms with E-state index in [4.69, 9.17) is 5.11 Å². The summed E-state index contributed by atoms with van der Waals surface area (Å²) in [4.78, 5) is 23.1. The monoisotopic (exact) mass is 200 g/mol. The van der Waals surface area contributed by atoms with Crippen molar-refractivity contribution >= 4 is 11.9 Å². The van der Waals surface area contributed by atoms with E-state index in [1.54, 1.807) is 0 Å². The normalized spacial score (nSPS) is 20.8. The largest absolute Gasteiger partial charge is 0.480 e. The second kappa shape index (κ2) is 4.95. The highest BCUT2D eigenvalue weighted by Gasteiger charge is 2.20. The van der Waals surface area contributed by atoms with Gasteiger partial charge in [0.1, 0.15) is 6.54 Å². The maximum atomic E-state index is 11.5. The zero-order chi connectivity index (χ0) is 10.6. The maximum absolute atomic E-state index is 11.5. The molecule has 1 fully saturated rings. The Morgan fingerprint density at radius 1 is 1.57 bits per heavy atom. The van der Waals surface area contributed by atoms with Crippen LogP contribution in [0.1, 0.15) is 12.8 Å². The lowest BCUT2D eigenvalue weighted by Crippen LogP contribution is -2.33. The van der Waals surface area contributed by atoms with Gasteiger partial charge in [0.2, 0.25) is 5.91 Å². The van der Waals surface area contributed by atoms with E-state index in [9.17, 15) is 9.59 Å². The molecule has 0 saturated carbocycles. The summed E-state index contributed by atoms with van der Waals surface area (Å²) >= 11 is 0. The van der Waals surface area contributed by atoms with Gasteiger partial charge < -0.3 is 15.3 Å². The van der Waals surface area contributed by atoms with Crippen LogP contribution in [0.5, 0.6) is 0 Å². The second-order valence-corrected chi connectivity index (χ2v) is 3.71. The van der Waals surface area contributed by atoms with Crippen molar-refractivity contribution in [1.82, 2.24) is 10.2 Å². The molecule has 5 nitrogen and oxygen atoms in total. The van der Waals surface area contributed by atoms with Crippen molar-refractivity contribution in [3.63, 3.8) is 0 Å². The van der Waals surface area contributed by atoms with Gasteiger partial charge in [-0.3, -0.25) is 9.59 Å². The van der Waals surface area contributed by atoms with Gasteiger partial charge in [0.15, 0.2) is 0 Å². The summed E-state index contributed by atoms with van der Waals surface area (Å²) in [5, 5.41) is 11.7. The van der Waals surface area contributed by atoms with E-state index in [1.165, 1.54) is 11.9 Å². The Balaban J connectivity index is 2.29. The Kier molecular flexibility index (Phi) is 3.88. The van der Waals surface area contributed by atoms with E-state index in [1.807, 2.05) is 0 Å². The zero-order valence-corrected chi connectivity index (χ0v) is 8.32. The fourth-order valence-corrected chi connectivity index (χ4v) is 1.58. The van der Waals surface area contributed by atoms with E-state index in [-0.39, 0.29) is 12.5 Å². The second-order valence-electron chi connectivity index (χ2n) is 3.71. The smallest absolute Gasteiger partial charge is 0.323 e. The van der Waals surface area contributed by atoms with Crippen LogP contribution in [0.25, 0.3) is 0 Å². The number of carboxylic acids is 1. The van der Waals surface area contributed by atoms with Crippen LogP contribution in [0.3, 0.4) is 0 Å². The number of rotatable bonds is 4. The topological polar surface area (TPSA) is 69.6 Å². The van der Waals surface area contributed by atoms with Crippen molar-refractivity contribution in [3.05, 3.63) is 0 Å². The lowest BCUT2D eigenvalue weighted by atomic mass is 10.0. The van der Waals surface area contributed by atoms with Gasteiger partial charge in [-0.05, 0) is 25.4 Å². The molecule has 1 heterocycles. The molecule has 14 heavy (non-hydrogen) atoms. The van der Waals surface area contributed by atoms with Crippen molar-refractivity contribution in [3.8, 4) is 0 Å². The molecule has 1 aliphatic rings. The minimum Gasteiger partial charge on any atom is -0.480 e. The molecular weight excluding hydrogens is 184 g/mol. The summed E-state index contributed by atoms with van der Waals surface area (Å²) in [6.07, 6.45) is 1.46. The molecule has 1 saturated heterocycles. The SMILES string of the molecule is CN(CC(=O)O)C(=O)CC1CCNC1. The molecule has 0 spiro atoms. The van der Waals surface area contributed by atoms with Crippen LogP contribution in [0.15, 0.2) is 0 Å². The Bertz CT molecular complexity index is 224. The molecule has 0 aromatic heterocycles. The van der Waals surface area contributed by atoms with Crippen molar-refractivity contribution in [1.29, 1.82) is 0 Å². The quantitative estimate of drug-likeness (QED) is 0.643. The number of nitrogens with one attached hydrogen (secondary N) is 1. The minimum atomic E-state index is -0.967. The zero-order valence-electron chi connectivity index (χ0n) is 8.32. The highest BCUT2D eigenvalue weighted by Crippen LogP contribution is 2.13. The van der Waals surface area contributed by atoms with Crippen LogP contribution in [-0.2, 0) is 9.59 Å². The highest BCUT2D eigenvalue weighted by molar-refractivity contribution is 5.81. The number of nitrogens with zero attached hydrogens (tertiary/aromatic N) is 1. The van der Waals surface area contributed by atoms with Crippen LogP contribution < -0.4 is 5.32 Å². The van der Waals surface area contributed by atoms with E-state index in [0.717, 1.165) is 19.5 Å². The number of likely N-dealkylation sites (N-methyl/N-ethyl adjacent to an activating group) is 1. The average molecular weight is 200 g/mol. The van der Waals surface area contributed by atoms with Gasteiger partial charge >= 0.3 is 5.97 Å². The molecule has 1 unspecified atom stereocenters. The molecule has 80 valence electrons. The van der Waals surface area contributed by atoms with Crippen molar-refractivity contribution in [2.45, 2.75) is 12.8 Å². The molecule has 1 rings (SSSR count). The predicted octanol–water partition coefficient (Wildman–Crippen LogP) is -0.471. The first kappa shape index (κ1) is 11.0. The third-order valence-electron chi connectivity index (χ3n) is 2.42. The third-order valence-corrected chi connectivity index (χ3v) is 2.42. The highest BCUT2D eigenvalue weighted by atomic mass is 16.4. The number of amides is 1. The summed E-state index contributed by atoms with van der Waals surface area (Å²) in [6, 6.07) is 0. The number of carbonyl (C=O) groups excluding carboxylic acids is 1. The minimum absolute atomic E-state index is 0.0823. The van der Waals surface area contributed by atoms with Crippen molar-refractivity contribution < 1.29 is 14.7 Å². The van der Waals surface area contributed by atoms with Gasteiger partial charge in [-0.15, -0.1) is 0 Å². The summed E-state index contributed by atoms with van der Waals surface area (Å²) in [5.74, 6) is -0.676.